The molecule has 196 valence electrons. The van der Waals surface area contributed by atoms with Crippen molar-refractivity contribution < 1.29 is 14.6 Å². The smallest absolute Gasteiger partial charge is 0.248 e. The molecule has 2 aromatic heterocycles. The zero-order valence-corrected chi connectivity index (χ0v) is 21.3. The Morgan fingerprint density at radius 1 is 1.16 bits per heavy atom. The highest BCUT2D eigenvalue weighted by Crippen LogP contribution is 2.33. The van der Waals surface area contributed by atoms with E-state index < -0.39 is 0 Å². The van der Waals surface area contributed by atoms with Crippen molar-refractivity contribution in [3.8, 4) is 17.0 Å². The Bertz CT molecular complexity index is 1460. The summed E-state index contributed by atoms with van der Waals surface area (Å²) >= 11 is 0. The normalized spacial score (nSPS) is 13.9. The maximum Gasteiger partial charge on any atom is 0.248 e. The van der Waals surface area contributed by atoms with Crippen LogP contribution in [0.3, 0.4) is 0 Å². The van der Waals surface area contributed by atoms with Gasteiger partial charge in [0.1, 0.15) is 5.75 Å². The van der Waals surface area contributed by atoms with Crippen LogP contribution in [0.1, 0.15) is 0 Å². The number of H-pyrrole nitrogens is 1. The van der Waals surface area contributed by atoms with Crippen LogP contribution < -0.4 is 15.5 Å². The van der Waals surface area contributed by atoms with Gasteiger partial charge in [-0.1, -0.05) is 18.2 Å². The van der Waals surface area contributed by atoms with Crippen molar-refractivity contribution in [2.75, 3.05) is 62.5 Å². The molecule has 1 fully saturated rings. The highest BCUT2D eigenvalue weighted by molar-refractivity contribution is 6.00. The Hall–Kier alpha value is -4.48. The number of aromatic amines is 1. The molecule has 0 atom stereocenters. The fraction of sp³-hybridized carbons (Fsp3) is 0.259. The maximum atomic E-state index is 12.3. The largest absolute Gasteiger partial charge is 0.506 e. The standard InChI is InChI=1S/C27H30N8O3/c1-34(2)10-4-7-24(37)29-19-6-3-5-18(15-19)25-21-17-28-33-26(21)32-27(31-25)30-20-8-9-23(36)22(16-20)35-11-13-38-14-12-35/h3-9,15-17,36H,10-14H2,1-2H3,(H,29,37)(H2,28,30,31,32,33)/b7-4+. The van der Waals surface area contributed by atoms with Crippen LogP contribution in [0.15, 0.2) is 60.8 Å². The van der Waals surface area contributed by atoms with E-state index in [4.69, 9.17) is 9.72 Å². The summed E-state index contributed by atoms with van der Waals surface area (Å²) < 4.78 is 5.43. The number of likely N-dealkylation sites (N-methyl/N-ethyl adjacent to an activating group) is 1. The third kappa shape index (κ3) is 5.90. The van der Waals surface area contributed by atoms with Gasteiger partial charge >= 0.3 is 0 Å². The first-order valence-corrected chi connectivity index (χ1v) is 12.3. The van der Waals surface area contributed by atoms with Gasteiger partial charge in [-0.2, -0.15) is 10.1 Å². The number of ether oxygens (including phenoxy) is 1. The number of anilines is 4. The number of fused-ring (bicyclic) bond motifs is 1. The molecule has 0 unspecified atom stereocenters. The van der Waals surface area contributed by atoms with Gasteiger partial charge < -0.3 is 30.3 Å². The number of hydrogen-bond donors (Lipinski definition) is 4. The molecule has 4 aromatic rings. The van der Waals surface area contributed by atoms with Crippen LogP contribution in [-0.2, 0) is 9.53 Å². The lowest BCUT2D eigenvalue weighted by Crippen LogP contribution is -2.36. The van der Waals surface area contributed by atoms with E-state index in [1.165, 1.54) is 6.08 Å². The number of amides is 1. The van der Waals surface area contributed by atoms with E-state index in [1.54, 1.807) is 18.3 Å². The number of rotatable bonds is 8. The van der Waals surface area contributed by atoms with Crippen molar-refractivity contribution in [2.45, 2.75) is 0 Å². The number of carbonyl (C=O) groups is 1. The molecule has 1 amide bonds. The minimum absolute atomic E-state index is 0.203. The van der Waals surface area contributed by atoms with Crippen molar-refractivity contribution in [3.63, 3.8) is 0 Å². The highest BCUT2D eigenvalue weighted by atomic mass is 16.5. The number of aromatic hydroxyl groups is 1. The lowest BCUT2D eigenvalue weighted by Gasteiger charge is -2.29. The zero-order valence-electron chi connectivity index (χ0n) is 21.3. The number of carbonyl (C=O) groups excluding carboxylic acids is 1. The molecule has 1 saturated heterocycles. The molecule has 0 saturated carbocycles. The van der Waals surface area contributed by atoms with Gasteiger partial charge in [0.25, 0.3) is 0 Å². The third-order valence-corrected chi connectivity index (χ3v) is 6.04. The highest BCUT2D eigenvalue weighted by Gasteiger charge is 2.17. The number of benzene rings is 2. The van der Waals surface area contributed by atoms with Crippen molar-refractivity contribution in [2.24, 2.45) is 0 Å². The van der Waals surface area contributed by atoms with Gasteiger partial charge in [-0.05, 0) is 44.4 Å². The summed E-state index contributed by atoms with van der Waals surface area (Å²) in [6.07, 6.45) is 5.02. The van der Waals surface area contributed by atoms with Crippen molar-refractivity contribution in [1.82, 2.24) is 25.1 Å². The average molecular weight is 515 g/mol. The molecule has 11 heteroatoms. The number of aromatic nitrogens is 4. The predicted molar refractivity (Wildman–Crippen MR) is 148 cm³/mol. The molecule has 1 aliphatic rings. The Balaban J connectivity index is 1.41. The lowest BCUT2D eigenvalue weighted by molar-refractivity contribution is -0.111. The van der Waals surface area contributed by atoms with Crippen molar-refractivity contribution >= 4 is 40.0 Å². The second kappa shape index (κ2) is 11.3. The lowest BCUT2D eigenvalue weighted by atomic mass is 10.1. The summed E-state index contributed by atoms with van der Waals surface area (Å²) in [5.74, 6) is 0.376. The Kier molecular flexibility index (Phi) is 7.47. The van der Waals surface area contributed by atoms with Gasteiger partial charge in [0.15, 0.2) is 5.65 Å². The summed E-state index contributed by atoms with van der Waals surface area (Å²) in [6.45, 7) is 3.32. The molecule has 11 nitrogen and oxygen atoms in total. The zero-order chi connectivity index (χ0) is 26.5. The van der Waals surface area contributed by atoms with Gasteiger partial charge in [0, 0.05) is 42.6 Å². The number of nitrogens with zero attached hydrogens (tertiary/aromatic N) is 5. The van der Waals surface area contributed by atoms with Gasteiger partial charge in [0.2, 0.25) is 11.9 Å². The van der Waals surface area contributed by atoms with E-state index >= 15 is 0 Å². The number of phenolic OH excluding ortho intramolecular Hbond substituents is 1. The van der Waals surface area contributed by atoms with E-state index in [2.05, 4.69) is 30.7 Å². The van der Waals surface area contributed by atoms with Crippen LogP contribution >= 0.6 is 0 Å². The van der Waals surface area contributed by atoms with E-state index in [-0.39, 0.29) is 11.7 Å². The first-order valence-electron chi connectivity index (χ1n) is 12.3. The van der Waals surface area contributed by atoms with E-state index in [0.29, 0.717) is 55.8 Å². The molecule has 2 aromatic carbocycles. The van der Waals surface area contributed by atoms with Gasteiger partial charge in [-0.25, -0.2) is 4.98 Å². The molecule has 1 aliphatic heterocycles. The van der Waals surface area contributed by atoms with Crippen LogP contribution in [0.5, 0.6) is 5.75 Å². The minimum atomic E-state index is -0.203. The molecule has 0 bridgehead atoms. The summed E-state index contributed by atoms with van der Waals surface area (Å²) in [4.78, 5) is 25.8. The van der Waals surface area contributed by atoms with Crippen molar-refractivity contribution in [3.05, 3.63) is 60.8 Å². The molecule has 0 radical (unpaired) electrons. The fourth-order valence-corrected chi connectivity index (χ4v) is 4.20. The number of morpholine rings is 1. The Morgan fingerprint density at radius 3 is 2.82 bits per heavy atom. The van der Waals surface area contributed by atoms with Gasteiger partial charge in [-0.3, -0.25) is 9.89 Å². The first kappa shape index (κ1) is 25.2. The third-order valence-electron chi connectivity index (χ3n) is 6.04. The maximum absolute atomic E-state index is 12.3. The number of hydrogen-bond acceptors (Lipinski definition) is 9. The monoisotopic (exact) mass is 514 g/mol. The Labute approximate surface area is 220 Å². The van der Waals surface area contributed by atoms with Crippen LogP contribution in [0.25, 0.3) is 22.3 Å². The van der Waals surface area contributed by atoms with Gasteiger partial charge in [-0.15, -0.1) is 0 Å². The average Bonchev–Trinajstić information content (AvgIpc) is 3.38. The minimum Gasteiger partial charge on any atom is -0.506 e. The summed E-state index contributed by atoms with van der Waals surface area (Å²) in [7, 11) is 3.88. The summed E-state index contributed by atoms with van der Waals surface area (Å²) in [5, 5.41) is 24.4. The molecular formula is C27H30N8O3. The van der Waals surface area contributed by atoms with Crippen LogP contribution in [0, 0.1) is 0 Å². The fourth-order valence-electron chi connectivity index (χ4n) is 4.20. The SMILES string of the molecule is CN(C)C/C=C/C(=O)Nc1cccc(-c2nc(Nc3ccc(O)c(N4CCOCC4)c3)nc3[nH]ncc23)c1. The second-order valence-corrected chi connectivity index (χ2v) is 9.19. The molecule has 3 heterocycles. The molecule has 5 rings (SSSR count). The predicted octanol–water partition coefficient (Wildman–Crippen LogP) is 3.36. The van der Waals surface area contributed by atoms with Crippen LogP contribution in [0.4, 0.5) is 23.0 Å². The molecule has 38 heavy (non-hydrogen) atoms. The molecule has 4 N–H and O–H groups in total. The van der Waals surface area contributed by atoms with Crippen LogP contribution in [-0.4, -0.2) is 83.0 Å². The molecule has 0 aliphatic carbocycles. The number of phenols is 1. The second-order valence-electron chi connectivity index (χ2n) is 9.19. The van der Waals surface area contributed by atoms with E-state index in [0.717, 1.165) is 22.3 Å². The summed E-state index contributed by atoms with van der Waals surface area (Å²) in [5.41, 5.74) is 4.16. The summed E-state index contributed by atoms with van der Waals surface area (Å²) in [6, 6.07) is 12.8. The Morgan fingerprint density at radius 2 is 2.00 bits per heavy atom. The molecular weight excluding hydrogens is 484 g/mol. The molecule has 0 spiro atoms. The topological polar surface area (TPSA) is 132 Å². The van der Waals surface area contributed by atoms with Crippen molar-refractivity contribution in [1.29, 1.82) is 0 Å². The quantitative estimate of drug-likeness (QED) is 0.206. The van der Waals surface area contributed by atoms with E-state index in [9.17, 15) is 9.90 Å². The van der Waals surface area contributed by atoms with E-state index in [1.807, 2.05) is 55.4 Å². The first-order chi connectivity index (χ1) is 18.5. The van der Waals surface area contributed by atoms with Crippen LogP contribution in [0.2, 0.25) is 0 Å². The van der Waals surface area contributed by atoms with Gasteiger partial charge in [0.05, 0.1) is 36.2 Å². The number of nitrogens with one attached hydrogen (secondary N) is 3.